The lowest BCUT2D eigenvalue weighted by Gasteiger charge is -2.21. The SMILES string of the molecule is CC1(C)c2ccccc2-c2cc3c4cc(-c5ccc6c7ccccc7c7ccccc7c6c5)ccc4n(-c4nc(-c5cccc(-c6ccccc6)c5)cc(-c5cccc(-c6ccccc6)c5)n4)c3cc21. The zero-order chi connectivity index (χ0) is 46.5. The molecule has 328 valence electrons. The van der Waals surface area contributed by atoms with Crippen LogP contribution in [-0.4, -0.2) is 14.5 Å². The molecule has 0 unspecified atom stereocenters. The maximum absolute atomic E-state index is 5.58. The van der Waals surface area contributed by atoms with Crippen LogP contribution in [0.5, 0.6) is 0 Å². The number of rotatable bonds is 6. The summed E-state index contributed by atoms with van der Waals surface area (Å²) in [6.07, 6.45) is 0. The predicted molar refractivity (Wildman–Crippen MR) is 294 cm³/mol. The fourth-order valence-electron chi connectivity index (χ4n) is 11.5. The maximum Gasteiger partial charge on any atom is 0.235 e. The Bertz CT molecular complexity index is 4120. The zero-order valence-electron chi connectivity index (χ0n) is 38.9. The smallest absolute Gasteiger partial charge is 0.235 e. The van der Waals surface area contributed by atoms with E-state index in [4.69, 9.17) is 9.97 Å². The largest absolute Gasteiger partial charge is 0.278 e. The van der Waals surface area contributed by atoms with Gasteiger partial charge in [-0.05, 0) is 136 Å². The Morgan fingerprint density at radius 1 is 0.286 bits per heavy atom. The van der Waals surface area contributed by atoms with Crippen LogP contribution in [0.4, 0.5) is 0 Å². The van der Waals surface area contributed by atoms with Crippen LogP contribution in [0.25, 0.3) is 127 Å². The number of hydrogen-bond acceptors (Lipinski definition) is 2. The summed E-state index contributed by atoms with van der Waals surface area (Å²) < 4.78 is 2.32. The van der Waals surface area contributed by atoms with Crippen LogP contribution in [0.1, 0.15) is 25.0 Å². The molecule has 0 amide bonds. The lowest BCUT2D eigenvalue weighted by Crippen LogP contribution is -2.15. The molecule has 0 spiro atoms. The Morgan fingerprint density at radius 2 is 0.743 bits per heavy atom. The molecule has 0 aliphatic heterocycles. The fraction of sp³-hybridized carbons (Fsp3) is 0.0448. The van der Waals surface area contributed by atoms with Gasteiger partial charge in [-0.2, -0.15) is 0 Å². The van der Waals surface area contributed by atoms with Crippen molar-refractivity contribution >= 4 is 54.1 Å². The van der Waals surface area contributed by atoms with Crippen molar-refractivity contribution in [1.29, 1.82) is 0 Å². The Hall–Kier alpha value is -8.92. The highest BCUT2D eigenvalue weighted by Gasteiger charge is 2.36. The minimum absolute atomic E-state index is 0.200. The van der Waals surface area contributed by atoms with Gasteiger partial charge in [0, 0.05) is 27.3 Å². The summed E-state index contributed by atoms with van der Waals surface area (Å²) in [5.74, 6) is 0.632. The van der Waals surface area contributed by atoms with Gasteiger partial charge in [-0.1, -0.05) is 202 Å². The van der Waals surface area contributed by atoms with Gasteiger partial charge in [-0.25, -0.2) is 9.97 Å². The average molecular weight is 892 g/mol. The lowest BCUT2D eigenvalue weighted by atomic mass is 9.82. The molecule has 0 saturated carbocycles. The van der Waals surface area contributed by atoms with Gasteiger partial charge in [-0.3, -0.25) is 4.57 Å². The summed E-state index contributed by atoms with van der Waals surface area (Å²) in [7, 11) is 0. The molecule has 11 aromatic carbocycles. The van der Waals surface area contributed by atoms with Gasteiger partial charge >= 0.3 is 0 Å². The second-order valence-electron chi connectivity index (χ2n) is 19.3. The molecule has 3 heteroatoms. The molecule has 2 aromatic heterocycles. The van der Waals surface area contributed by atoms with E-state index in [1.807, 2.05) is 0 Å². The summed E-state index contributed by atoms with van der Waals surface area (Å²) in [6, 6.07) is 86.2. The number of benzene rings is 11. The summed E-state index contributed by atoms with van der Waals surface area (Å²) in [6.45, 7) is 4.71. The normalized spacial score (nSPS) is 12.8. The topological polar surface area (TPSA) is 30.7 Å². The Morgan fingerprint density at radius 3 is 1.36 bits per heavy atom. The highest BCUT2D eigenvalue weighted by atomic mass is 15.2. The summed E-state index contributed by atoms with van der Waals surface area (Å²) >= 11 is 0. The summed E-state index contributed by atoms with van der Waals surface area (Å²) in [5.41, 5.74) is 17.9. The van der Waals surface area contributed by atoms with E-state index in [1.54, 1.807) is 0 Å². The van der Waals surface area contributed by atoms with Gasteiger partial charge in [0.2, 0.25) is 5.95 Å². The fourth-order valence-corrected chi connectivity index (χ4v) is 11.5. The van der Waals surface area contributed by atoms with E-state index in [2.05, 4.69) is 255 Å². The summed E-state index contributed by atoms with van der Waals surface area (Å²) in [5, 5.41) is 9.97. The van der Waals surface area contributed by atoms with Gasteiger partial charge in [0.15, 0.2) is 0 Å². The van der Waals surface area contributed by atoms with Gasteiger partial charge in [-0.15, -0.1) is 0 Å². The third-order valence-corrected chi connectivity index (χ3v) is 15.0. The van der Waals surface area contributed by atoms with E-state index in [-0.39, 0.29) is 5.41 Å². The first-order valence-corrected chi connectivity index (χ1v) is 24.2. The monoisotopic (exact) mass is 891 g/mol. The van der Waals surface area contributed by atoms with Crippen LogP contribution in [0, 0.1) is 0 Å². The second kappa shape index (κ2) is 15.6. The third-order valence-electron chi connectivity index (χ3n) is 15.0. The van der Waals surface area contributed by atoms with Crippen LogP contribution in [0.3, 0.4) is 0 Å². The van der Waals surface area contributed by atoms with Crippen molar-refractivity contribution < 1.29 is 0 Å². The van der Waals surface area contributed by atoms with E-state index in [1.165, 1.54) is 65.5 Å². The molecule has 70 heavy (non-hydrogen) atoms. The van der Waals surface area contributed by atoms with Crippen molar-refractivity contribution in [2.45, 2.75) is 19.3 Å². The first-order chi connectivity index (χ1) is 34.4. The van der Waals surface area contributed by atoms with Gasteiger partial charge in [0.05, 0.1) is 22.4 Å². The summed E-state index contributed by atoms with van der Waals surface area (Å²) in [4.78, 5) is 11.2. The van der Waals surface area contributed by atoms with Crippen LogP contribution < -0.4 is 0 Å². The molecule has 14 rings (SSSR count). The quantitative estimate of drug-likeness (QED) is 0.156. The van der Waals surface area contributed by atoms with Crippen LogP contribution in [-0.2, 0) is 5.41 Å². The lowest BCUT2D eigenvalue weighted by molar-refractivity contribution is 0.661. The molecule has 0 saturated heterocycles. The Kier molecular flexibility index (Phi) is 8.93. The van der Waals surface area contributed by atoms with Gasteiger partial charge in [0.1, 0.15) is 0 Å². The van der Waals surface area contributed by atoms with Crippen molar-refractivity contribution in [2.75, 3.05) is 0 Å². The van der Waals surface area contributed by atoms with E-state index in [9.17, 15) is 0 Å². The van der Waals surface area contributed by atoms with Crippen molar-refractivity contribution in [2.24, 2.45) is 0 Å². The highest BCUT2D eigenvalue weighted by Crippen LogP contribution is 2.51. The van der Waals surface area contributed by atoms with Gasteiger partial charge < -0.3 is 0 Å². The van der Waals surface area contributed by atoms with E-state index in [0.717, 1.165) is 66.8 Å². The van der Waals surface area contributed by atoms with Crippen LogP contribution in [0.15, 0.2) is 237 Å². The molecular weight excluding hydrogens is 847 g/mol. The van der Waals surface area contributed by atoms with Crippen LogP contribution >= 0.6 is 0 Å². The first-order valence-electron chi connectivity index (χ1n) is 24.2. The van der Waals surface area contributed by atoms with Crippen molar-refractivity contribution in [1.82, 2.24) is 14.5 Å². The molecule has 1 aliphatic carbocycles. The number of hydrogen-bond donors (Lipinski definition) is 0. The second-order valence-corrected chi connectivity index (χ2v) is 19.3. The number of nitrogens with zero attached hydrogens (tertiary/aromatic N) is 3. The van der Waals surface area contributed by atoms with Crippen LogP contribution in [0.2, 0.25) is 0 Å². The minimum Gasteiger partial charge on any atom is -0.278 e. The molecule has 0 atom stereocenters. The van der Waals surface area contributed by atoms with Crippen molar-refractivity contribution in [3.05, 3.63) is 248 Å². The Balaban J connectivity index is 1.03. The zero-order valence-corrected chi connectivity index (χ0v) is 38.9. The molecule has 0 N–H and O–H groups in total. The molecule has 0 radical (unpaired) electrons. The number of fused-ring (bicyclic) bond motifs is 12. The standard InChI is InChI=1S/C67H45N3/c1-67(2)60-30-14-13-29-55(60)57-39-59-58-38-47(46-31-33-54-52-27-10-9-25-50(52)51-26-11-12-28-53(51)56(54)37-46)32-34-64(58)70(65(59)40-61(57)67)66-68-62(48-23-15-21-44(35-48)42-17-5-3-6-18-42)41-63(69-66)49-24-16-22-45(36-49)43-19-7-4-8-20-43/h3-41H,1-2H3. The van der Waals surface area contributed by atoms with E-state index in [0.29, 0.717) is 5.95 Å². The van der Waals surface area contributed by atoms with Gasteiger partial charge in [0.25, 0.3) is 0 Å². The molecule has 13 aromatic rings. The average Bonchev–Trinajstić information content (AvgIpc) is 3.87. The van der Waals surface area contributed by atoms with Crippen molar-refractivity contribution in [3.63, 3.8) is 0 Å². The molecular formula is C67H45N3. The molecule has 1 aliphatic rings. The molecule has 0 bridgehead atoms. The molecule has 0 fully saturated rings. The number of aromatic nitrogens is 3. The molecule has 2 heterocycles. The maximum atomic E-state index is 5.58. The van der Waals surface area contributed by atoms with Crippen molar-refractivity contribution in [3.8, 4) is 73.0 Å². The third kappa shape index (κ3) is 6.28. The Labute approximate surface area is 406 Å². The molecule has 3 nitrogen and oxygen atoms in total. The highest BCUT2D eigenvalue weighted by molar-refractivity contribution is 6.26. The van der Waals surface area contributed by atoms with E-state index < -0.39 is 0 Å². The first kappa shape index (κ1) is 40.2. The van der Waals surface area contributed by atoms with E-state index >= 15 is 0 Å². The predicted octanol–water partition coefficient (Wildman–Crippen LogP) is 17.7. The minimum atomic E-state index is -0.200.